The number of likely N-dealkylation sites (N-methyl/N-ethyl adjacent to an activating group) is 1. The Morgan fingerprint density at radius 1 is 1.33 bits per heavy atom. The molecule has 1 amide bonds. The third kappa shape index (κ3) is 1.80. The molecule has 2 aliphatic rings. The smallest absolute Gasteiger partial charge is 0.249 e. The summed E-state index contributed by atoms with van der Waals surface area (Å²) in [6.07, 6.45) is 9.99. The zero-order valence-corrected chi connectivity index (χ0v) is 11.8. The molecule has 7 nitrogen and oxygen atoms in total. The Kier molecular flexibility index (Phi) is 2.66. The summed E-state index contributed by atoms with van der Waals surface area (Å²) in [7, 11) is 1.80. The second-order valence-electron chi connectivity index (χ2n) is 5.45. The molecule has 0 aliphatic carbocycles. The standard InChI is InChI=1S/C14H16N6O/c1-18-11-8-16-14(19-7-5-15-9-19)17-12(11)20-6-3-2-4-10(20)13(18)21/h5,7-10H,2-4,6H2,1H3/t10-/m1/s1. The summed E-state index contributed by atoms with van der Waals surface area (Å²) in [5.74, 6) is 1.57. The molecule has 1 atom stereocenters. The molecule has 0 saturated carbocycles. The van der Waals surface area contributed by atoms with E-state index in [4.69, 9.17) is 0 Å². The second kappa shape index (κ2) is 4.54. The van der Waals surface area contributed by atoms with Crippen LogP contribution in [0.3, 0.4) is 0 Å². The van der Waals surface area contributed by atoms with Crippen LogP contribution in [0.15, 0.2) is 24.9 Å². The SMILES string of the molecule is CN1C(=O)[C@H]2CCCCN2c2nc(-n3ccnc3)ncc21. The van der Waals surface area contributed by atoms with E-state index >= 15 is 0 Å². The number of carbonyl (C=O) groups is 1. The Bertz CT molecular complexity index is 683. The fraction of sp³-hybridized carbons (Fsp3) is 0.429. The van der Waals surface area contributed by atoms with E-state index < -0.39 is 0 Å². The third-order valence-electron chi connectivity index (χ3n) is 4.22. The van der Waals surface area contributed by atoms with Crippen molar-refractivity contribution in [1.29, 1.82) is 0 Å². The minimum Gasteiger partial charge on any atom is -0.343 e. The lowest BCUT2D eigenvalue weighted by Crippen LogP contribution is -2.54. The van der Waals surface area contributed by atoms with E-state index in [0.29, 0.717) is 5.95 Å². The Hall–Kier alpha value is -2.44. The summed E-state index contributed by atoms with van der Waals surface area (Å²) in [4.78, 5) is 29.3. The number of aromatic nitrogens is 4. The summed E-state index contributed by atoms with van der Waals surface area (Å²) in [6.45, 7) is 0.873. The highest BCUT2D eigenvalue weighted by atomic mass is 16.2. The minimum atomic E-state index is -0.0817. The van der Waals surface area contributed by atoms with Crippen molar-refractivity contribution in [3.05, 3.63) is 24.9 Å². The molecule has 0 radical (unpaired) electrons. The molecular weight excluding hydrogens is 268 g/mol. The van der Waals surface area contributed by atoms with Crippen molar-refractivity contribution in [3.8, 4) is 5.95 Å². The van der Waals surface area contributed by atoms with Gasteiger partial charge in [0.15, 0.2) is 5.82 Å². The lowest BCUT2D eigenvalue weighted by molar-refractivity contribution is -0.120. The first-order chi connectivity index (χ1) is 10.3. The molecule has 7 heteroatoms. The highest BCUT2D eigenvalue weighted by Gasteiger charge is 2.39. The van der Waals surface area contributed by atoms with Crippen LogP contribution < -0.4 is 9.80 Å². The fourth-order valence-corrected chi connectivity index (χ4v) is 3.09. The van der Waals surface area contributed by atoms with E-state index in [1.807, 2.05) is 6.20 Å². The number of piperidine rings is 1. The lowest BCUT2D eigenvalue weighted by atomic mass is 9.98. The third-order valence-corrected chi connectivity index (χ3v) is 4.22. The minimum absolute atomic E-state index is 0.0817. The fourth-order valence-electron chi connectivity index (χ4n) is 3.09. The molecule has 1 saturated heterocycles. The molecule has 4 rings (SSSR count). The van der Waals surface area contributed by atoms with E-state index in [2.05, 4.69) is 19.9 Å². The Labute approximate surface area is 122 Å². The summed E-state index contributed by atoms with van der Waals surface area (Å²) >= 11 is 0. The number of fused-ring (bicyclic) bond motifs is 3. The molecule has 2 aromatic rings. The number of nitrogens with zero attached hydrogens (tertiary/aromatic N) is 6. The van der Waals surface area contributed by atoms with Crippen LogP contribution in [0.2, 0.25) is 0 Å². The van der Waals surface area contributed by atoms with Gasteiger partial charge in [0.1, 0.15) is 18.1 Å². The average Bonchev–Trinajstić information content (AvgIpc) is 3.06. The zero-order valence-electron chi connectivity index (χ0n) is 11.8. The normalized spacial score (nSPS) is 21.2. The quantitative estimate of drug-likeness (QED) is 0.781. The molecule has 108 valence electrons. The number of hydrogen-bond acceptors (Lipinski definition) is 5. The van der Waals surface area contributed by atoms with Crippen molar-refractivity contribution in [2.45, 2.75) is 25.3 Å². The van der Waals surface area contributed by atoms with Crippen molar-refractivity contribution in [3.63, 3.8) is 0 Å². The van der Waals surface area contributed by atoms with Crippen LogP contribution in [0.25, 0.3) is 5.95 Å². The van der Waals surface area contributed by atoms with Crippen LogP contribution in [-0.2, 0) is 4.79 Å². The van der Waals surface area contributed by atoms with Crippen molar-refractivity contribution < 1.29 is 4.79 Å². The second-order valence-corrected chi connectivity index (χ2v) is 5.45. The Balaban J connectivity index is 1.84. The highest BCUT2D eigenvalue weighted by molar-refractivity contribution is 6.04. The van der Waals surface area contributed by atoms with Gasteiger partial charge >= 0.3 is 0 Å². The lowest BCUT2D eigenvalue weighted by Gasteiger charge is -2.43. The van der Waals surface area contributed by atoms with E-state index in [0.717, 1.165) is 37.3 Å². The predicted octanol–water partition coefficient (Wildman–Crippen LogP) is 0.998. The van der Waals surface area contributed by atoms with Gasteiger partial charge in [-0.3, -0.25) is 9.36 Å². The van der Waals surface area contributed by atoms with Gasteiger partial charge in [-0.2, -0.15) is 4.98 Å². The van der Waals surface area contributed by atoms with Crippen LogP contribution in [0.5, 0.6) is 0 Å². The first kappa shape index (κ1) is 12.3. The number of rotatable bonds is 1. The van der Waals surface area contributed by atoms with Crippen LogP contribution in [0, 0.1) is 0 Å². The largest absolute Gasteiger partial charge is 0.343 e. The van der Waals surface area contributed by atoms with Crippen LogP contribution >= 0.6 is 0 Å². The average molecular weight is 284 g/mol. The van der Waals surface area contributed by atoms with Gasteiger partial charge in [0, 0.05) is 26.0 Å². The van der Waals surface area contributed by atoms with Crippen LogP contribution in [-0.4, -0.2) is 45.1 Å². The van der Waals surface area contributed by atoms with Gasteiger partial charge in [0.25, 0.3) is 0 Å². The maximum atomic E-state index is 12.4. The Morgan fingerprint density at radius 2 is 2.24 bits per heavy atom. The van der Waals surface area contributed by atoms with Gasteiger partial charge in [-0.25, -0.2) is 9.97 Å². The summed E-state index contributed by atoms with van der Waals surface area (Å²) < 4.78 is 1.77. The van der Waals surface area contributed by atoms with E-state index in [-0.39, 0.29) is 11.9 Å². The molecule has 1 fully saturated rings. The van der Waals surface area contributed by atoms with Crippen LogP contribution in [0.4, 0.5) is 11.5 Å². The molecule has 4 heterocycles. The van der Waals surface area contributed by atoms with Crippen molar-refractivity contribution in [1.82, 2.24) is 19.5 Å². The summed E-state index contributed by atoms with van der Waals surface area (Å²) in [6, 6.07) is -0.0817. The number of amides is 1. The molecule has 0 aromatic carbocycles. The summed E-state index contributed by atoms with van der Waals surface area (Å²) in [5.41, 5.74) is 0.780. The highest BCUT2D eigenvalue weighted by Crippen LogP contribution is 2.36. The maximum Gasteiger partial charge on any atom is 0.249 e. The summed E-state index contributed by atoms with van der Waals surface area (Å²) in [5, 5.41) is 0. The first-order valence-corrected chi connectivity index (χ1v) is 7.15. The molecule has 0 spiro atoms. The van der Waals surface area contributed by atoms with Gasteiger partial charge in [-0.1, -0.05) is 0 Å². The van der Waals surface area contributed by atoms with Gasteiger partial charge in [-0.05, 0) is 19.3 Å². The number of anilines is 2. The van der Waals surface area contributed by atoms with Gasteiger partial charge < -0.3 is 9.80 Å². The molecule has 21 heavy (non-hydrogen) atoms. The predicted molar refractivity (Wildman–Crippen MR) is 77.5 cm³/mol. The number of hydrogen-bond donors (Lipinski definition) is 0. The molecule has 0 unspecified atom stereocenters. The van der Waals surface area contributed by atoms with Crippen molar-refractivity contribution >= 4 is 17.4 Å². The number of carbonyl (C=O) groups excluding carboxylic acids is 1. The van der Waals surface area contributed by atoms with Crippen LogP contribution in [0.1, 0.15) is 19.3 Å². The van der Waals surface area contributed by atoms with Gasteiger partial charge in [0.2, 0.25) is 11.9 Å². The van der Waals surface area contributed by atoms with Crippen molar-refractivity contribution in [2.24, 2.45) is 0 Å². The van der Waals surface area contributed by atoms with E-state index in [1.54, 1.807) is 35.2 Å². The van der Waals surface area contributed by atoms with Gasteiger partial charge in [-0.15, -0.1) is 0 Å². The molecule has 2 aromatic heterocycles. The topological polar surface area (TPSA) is 67.2 Å². The van der Waals surface area contributed by atoms with E-state index in [9.17, 15) is 4.79 Å². The zero-order chi connectivity index (χ0) is 14.4. The first-order valence-electron chi connectivity index (χ1n) is 7.15. The molecule has 0 N–H and O–H groups in total. The molecular formula is C14H16N6O. The maximum absolute atomic E-state index is 12.4. The van der Waals surface area contributed by atoms with E-state index in [1.165, 1.54) is 0 Å². The number of imidazole rings is 1. The molecule has 0 bridgehead atoms. The Morgan fingerprint density at radius 3 is 3.05 bits per heavy atom. The van der Waals surface area contributed by atoms with Gasteiger partial charge in [0.05, 0.1) is 6.20 Å². The molecule has 2 aliphatic heterocycles. The monoisotopic (exact) mass is 284 g/mol. The van der Waals surface area contributed by atoms with Crippen molar-refractivity contribution in [2.75, 3.05) is 23.4 Å².